The number of anilines is 1. The van der Waals surface area contributed by atoms with Crippen molar-refractivity contribution in [1.82, 2.24) is 5.43 Å². The van der Waals surface area contributed by atoms with Gasteiger partial charge in [0.25, 0.3) is 5.91 Å². The number of carbonyl (C=O) groups is 1. The second-order valence-corrected chi connectivity index (χ2v) is 3.03. The fraction of sp³-hybridized carbons (Fsp3) is 0.222. The van der Waals surface area contributed by atoms with Crippen LogP contribution >= 0.6 is 0 Å². The Bertz CT molecular complexity index is 362. The first-order chi connectivity index (χ1) is 6.61. The third kappa shape index (κ3) is 1.68. The summed E-state index contributed by atoms with van der Waals surface area (Å²) in [6.07, 6.45) is 0. The molecule has 0 aromatic heterocycles. The first kappa shape index (κ1) is 10.5. The highest BCUT2D eigenvalue weighted by molar-refractivity contribution is 5.96. The Morgan fingerprint density at radius 3 is 2.36 bits per heavy atom. The number of hydrogen-bond acceptors (Lipinski definition) is 4. The number of hydrogen-bond donors (Lipinski definition) is 4. The normalized spacial score (nSPS) is 9.71. The van der Waals surface area contributed by atoms with Gasteiger partial charge in [-0.15, -0.1) is 0 Å². The van der Waals surface area contributed by atoms with Gasteiger partial charge in [0.05, 0.1) is 5.69 Å². The number of benzene rings is 1. The second-order valence-electron chi connectivity index (χ2n) is 3.03. The average molecular weight is 194 g/mol. The maximum absolute atomic E-state index is 11.3. The Morgan fingerprint density at radius 1 is 1.21 bits per heavy atom. The topological polar surface area (TPSA) is 93.2 Å². The summed E-state index contributed by atoms with van der Waals surface area (Å²) in [5, 5.41) is 0. The predicted octanol–water partition coefficient (Wildman–Crippen LogP) is 0.193. The van der Waals surface area contributed by atoms with Gasteiger partial charge in [-0.3, -0.25) is 16.1 Å². The molecule has 1 amide bonds. The van der Waals surface area contributed by atoms with Crippen molar-refractivity contribution < 1.29 is 4.79 Å². The van der Waals surface area contributed by atoms with Gasteiger partial charge in [0.1, 0.15) is 0 Å². The summed E-state index contributed by atoms with van der Waals surface area (Å²) in [6.45, 7) is 3.73. The number of nitrogen functional groups attached to an aromatic ring is 2. The van der Waals surface area contributed by atoms with Gasteiger partial charge in [-0.1, -0.05) is 0 Å². The number of carbonyl (C=O) groups excluding carboxylic acids is 1. The van der Waals surface area contributed by atoms with Crippen molar-refractivity contribution in [3.05, 3.63) is 28.8 Å². The molecule has 0 heterocycles. The van der Waals surface area contributed by atoms with Gasteiger partial charge < -0.3 is 5.43 Å². The van der Waals surface area contributed by atoms with Crippen LogP contribution in [0.4, 0.5) is 5.69 Å². The van der Waals surface area contributed by atoms with Crippen LogP contribution in [0.1, 0.15) is 21.5 Å². The lowest BCUT2D eigenvalue weighted by Crippen LogP contribution is -2.30. The van der Waals surface area contributed by atoms with E-state index in [0.717, 1.165) is 16.8 Å². The molecular formula is C9H14N4O. The fourth-order valence-electron chi connectivity index (χ4n) is 1.30. The van der Waals surface area contributed by atoms with E-state index in [4.69, 9.17) is 11.7 Å². The average Bonchev–Trinajstić information content (AvgIpc) is 2.21. The molecule has 0 radical (unpaired) electrons. The molecule has 1 aromatic rings. The molecule has 0 aliphatic carbocycles. The summed E-state index contributed by atoms with van der Waals surface area (Å²) >= 11 is 0. The molecule has 6 N–H and O–H groups in total. The largest absolute Gasteiger partial charge is 0.324 e. The predicted molar refractivity (Wildman–Crippen MR) is 55.4 cm³/mol. The minimum absolute atomic E-state index is 0.297. The molecule has 0 bridgehead atoms. The van der Waals surface area contributed by atoms with Crippen LogP contribution in [0.5, 0.6) is 0 Å². The van der Waals surface area contributed by atoms with Gasteiger partial charge in [0.2, 0.25) is 0 Å². The molecule has 0 aliphatic heterocycles. The number of nitrogens with one attached hydrogen (secondary N) is 2. The van der Waals surface area contributed by atoms with E-state index < -0.39 is 0 Å². The summed E-state index contributed by atoms with van der Waals surface area (Å²) in [5.41, 5.74) is 7.82. The third-order valence-corrected chi connectivity index (χ3v) is 2.32. The van der Waals surface area contributed by atoms with Crippen molar-refractivity contribution in [2.75, 3.05) is 5.43 Å². The number of nitrogens with two attached hydrogens (primary N) is 2. The highest BCUT2D eigenvalue weighted by Gasteiger charge is 2.10. The van der Waals surface area contributed by atoms with E-state index in [1.807, 2.05) is 13.8 Å². The SMILES string of the molecule is Cc1c(NN)ccc(C(=O)NN)c1C. The zero-order valence-electron chi connectivity index (χ0n) is 8.22. The molecule has 0 spiro atoms. The summed E-state index contributed by atoms with van der Waals surface area (Å²) in [4.78, 5) is 11.3. The van der Waals surface area contributed by atoms with Crippen LogP contribution in [0.25, 0.3) is 0 Å². The Hall–Kier alpha value is -1.59. The number of rotatable bonds is 2. The third-order valence-electron chi connectivity index (χ3n) is 2.32. The summed E-state index contributed by atoms with van der Waals surface area (Å²) in [5.74, 6) is 10.1. The molecule has 14 heavy (non-hydrogen) atoms. The van der Waals surface area contributed by atoms with Crippen LogP contribution in [-0.2, 0) is 0 Å². The lowest BCUT2D eigenvalue weighted by atomic mass is 10.0. The van der Waals surface area contributed by atoms with Gasteiger partial charge in [0.15, 0.2) is 0 Å². The molecule has 0 saturated carbocycles. The zero-order chi connectivity index (χ0) is 10.7. The lowest BCUT2D eigenvalue weighted by molar-refractivity contribution is 0.0953. The Morgan fingerprint density at radius 2 is 1.86 bits per heavy atom. The standard InChI is InChI=1S/C9H14N4O/c1-5-6(2)8(12-10)4-3-7(5)9(14)13-11/h3-4,12H,10-11H2,1-2H3,(H,13,14). The van der Waals surface area contributed by atoms with Crippen molar-refractivity contribution >= 4 is 11.6 Å². The van der Waals surface area contributed by atoms with Crippen LogP contribution < -0.4 is 22.5 Å². The maximum atomic E-state index is 11.3. The smallest absolute Gasteiger partial charge is 0.265 e. The van der Waals surface area contributed by atoms with Crippen LogP contribution in [-0.4, -0.2) is 5.91 Å². The zero-order valence-corrected chi connectivity index (χ0v) is 8.22. The molecule has 1 aromatic carbocycles. The summed E-state index contributed by atoms with van der Waals surface area (Å²) in [7, 11) is 0. The lowest BCUT2D eigenvalue weighted by Gasteiger charge is -2.11. The Kier molecular flexibility index (Phi) is 3.06. The molecular weight excluding hydrogens is 180 g/mol. The van der Waals surface area contributed by atoms with Crippen LogP contribution in [0.15, 0.2) is 12.1 Å². The number of hydrazine groups is 2. The van der Waals surface area contributed by atoms with E-state index in [1.165, 1.54) is 0 Å². The highest BCUT2D eigenvalue weighted by Crippen LogP contribution is 2.20. The Labute approximate surface area is 82.4 Å². The maximum Gasteiger partial charge on any atom is 0.265 e. The summed E-state index contributed by atoms with van der Waals surface area (Å²) < 4.78 is 0. The van der Waals surface area contributed by atoms with Gasteiger partial charge in [-0.05, 0) is 37.1 Å². The Balaban J connectivity index is 3.24. The van der Waals surface area contributed by atoms with Crippen molar-refractivity contribution in [2.45, 2.75) is 13.8 Å². The van der Waals surface area contributed by atoms with Crippen molar-refractivity contribution in [1.29, 1.82) is 0 Å². The van der Waals surface area contributed by atoms with Gasteiger partial charge in [-0.25, -0.2) is 5.84 Å². The van der Waals surface area contributed by atoms with Crippen molar-refractivity contribution in [2.24, 2.45) is 11.7 Å². The van der Waals surface area contributed by atoms with E-state index in [2.05, 4.69) is 10.9 Å². The monoisotopic (exact) mass is 194 g/mol. The van der Waals surface area contributed by atoms with Gasteiger partial charge in [-0.2, -0.15) is 0 Å². The molecule has 5 nitrogen and oxygen atoms in total. The molecule has 0 fully saturated rings. The van der Waals surface area contributed by atoms with Crippen LogP contribution in [0.2, 0.25) is 0 Å². The molecule has 0 unspecified atom stereocenters. The number of amides is 1. The highest BCUT2D eigenvalue weighted by atomic mass is 16.2. The van der Waals surface area contributed by atoms with E-state index in [-0.39, 0.29) is 5.91 Å². The second kappa shape index (κ2) is 4.08. The van der Waals surface area contributed by atoms with Crippen molar-refractivity contribution in [3.63, 3.8) is 0 Å². The minimum atomic E-state index is -0.297. The first-order valence-electron chi connectivity index (χ1n) is 4.19. The molecule has 1 rings (SSSR count). The van der Waals surface area contributed by atoms with E-state index in [9.17, 15) is 4.79 Å². The van der Waals surface area contributed by atoms with E-state index in [1.54, 1.807) is 12.1 Å². The van der Waals surface area contributed by atoms with E-state index >= 15 is 0 Å². The van der Waals surface area contributed by atoms with Gasteiger partial charge in [0, 0.05) is 5.56 Å². The first-order valence-corrected chi connectivity index (χ1v) is 4.19. The summed E-state index contributed by atoms with van der Waals surface area (Å²) in [6, 6.07) is 3.42. The van der Waals surface area contributed by atoms with Crippen molar-refractivity contribution in [3.8, 4) is 0 Å². The fourth-order valence-corrected chi connectivity index (χ4v) is 1.30. The van der Waals surface area contributed by atoms with Gasteiger partial charge >= 0.3 is 0 Å². The molecule has 5 heteroatoms. The minimum Gasteiger partial charge on any atom is -0.324 e. The molecule has 0 aliphatic rings. The van der Waals surface area contributed by atoms with Crippen LogP contribution in [0.3, 0.4) is 0 Å². The quantitative estimate of drug-likeness (QED) is 0.307. The molecule has 0 atom stereocenters. The van der Waals surface area contributed by atoms with E-state index in [0.29, 0.717) is 5.56 Å². The molecule has 76 valence electrons. The van der Waals surface area contributed by atoms with Crippen LogP contribution in [0, 0.1) is 13.8 Å². The molecule has 0 saturated heterocycles.